The van der Waals surface area contributed by atoms with E-state index in [1.54, 1.807) is 18.2 Å². The monoisotopic (exact) mass is 488 g/mol. The first-order chi connectivity index (χ1) is 17.5. The van der Waals surface area contributed by atoms with Crippen molar-refractivity contribution in [2.24, 2.45) is 5.10 Å². The molecular weight excluding hydrogens is 460 g/mol. The van der Waals surface area contributed by atoms with Crippen molar-refractivity contribution >= 4 is 29.6 Å². The van der Waals surface area contributed by atoms with E-state index in [9.17, 15) is 14.4 Å². The van der Waals surface area contributed by atoms with Crippen LogP contribution in [-0.2, 0) is 20.8 Å². The summed E-state index contributed by atoms with van der Waals surface area (Å²) in [5.41, 5.74) is 5.51. The van der Waals surface area contributed by atoms with Gasteiger partial charge < -0.3 is 20.1 Å². The summed E-state index contributed by atoms with van der Waals surface area (Å²) >= 11 is 0. The van der Waals surface area contributed by atoms with Gasteiger partial charge in [0.1, 0.15) is 0 Å². The fraction of sp³-hybridized carbons (Fsp3) is 0.185. The van der Waals surface area contributed by atoms with Gasteiger partial charge in [-0.05, 0) is 54.3 Å². The molecule has 0 radical (unpaired) electrons. The van der Waals surface area contributed by atoms with Gasteiger partial charge >= 0.3 is 11.8 Å². The molecule has 0 bridgehead atoms. The Hall–Kier alpha value is -4.66. The number of amides is 3. The fourth-order valence-electron chi connectivity index (χ4n) is 3.19. The highest BCUT2D eigenvalue weighted by Gasteiger charge is 2.12. The van der Waals surface area contributed by atoms with Crippen molar-refractivity contribution in [1.82, 2.24) is 10.7 Å². The molecule has 0 aliphatic carbocycles. The highest BCUT2D eigenvalue weighted by molar-refractivity contribution is 6.35. The van der Waals surface area contributed by atoms with Gasteiger partial charge in [0.2, 0.25) is 0 Å². The van der Waals surface area contributed by atoms with Crippen molar-refractivity contribution in [2.45, 2.75) is 13.3 Å². The Labute approximate surface area is 209 Å². The summed E-state index contributed by atoms with van der Waals surface area (Å²) in [7, 11) is 1.47. The first-order valence-electron chi connectivity index (χ1n) is 11.3. The van der Waals surface area contributed by atoms with Crippen molar-refractivity contribution in [3.63, 3.8) is 0 Å². The minimum Gasteiger partial charge on any atom is -0.493 e. The van der Waals surface area contributed by atoms with E-state index in [4.69, 9.17) is 9.47 Å². The molecule has 0 unspecified atom stereocenters. The maximum atomic E-state index is 12.2. The van der Waals surface area contributed by atoms with Crippen molar-refractivity contribution in [1.29, 1.82) is 0 Å². The molecule has 0 aliphatic heterocycles. The summed E-state index contributed by atoms with van der Waals surface area (Å²) in [6.07, 6.45) is 1.98. The van der Waals surface area contributed by atoms with Crippen molar-refractivity contribution < 1.29 is 23.9 Å². The average Bonchev–Trinajstić information content (AvgIpc) is 2.89. The van der Waals surface area contributed by atoms with Gasteiger partial charge in [0.25, 0.3) is 5.91 Å². The third kappa shape index (κ3) is 7.98. The van der Waals surface area contributed by atoms with Crippen LogP contribution in [0.1, 0.15) is 16.7 Å². The van der Waals surface area contributed by atoms with Gasteiger partial charge in [-0.1, -0.05) is 48.5 Å². The minimum absolute atomic E-state index is 0.201. The smallest absolute Gasteiger partial charge is 0.329 e. The molecule has 3 aromatic carbocycles. The second-order valence-electron chi connectivity index (χ2n) is 7.75. The highest BCUT2D eigenvalue weighted by Crippen LogP contribution is 2.27. The number of benzene rings is 3. The average molecular weight is 489 g/mol. The summed E-state index contributed by atoms with van der Waals surface area (Å²) in [6, 6.07) is 22.0. The van der Waals surface area contributed by atoms with Crippen LogP contribution >= 0.6 is 0 Å². The quantitative estimate of drug-likeness (QED) is 0.230. The van der Waals surface area contributed by atoms with E-state index in [0.717, 1.165) is 16.8 Å². The van der Waals surface area contributed by atoms with Crippen LogP contribution in [0.4, 0.5) is 5.69 Å². The van der Waals surface area contributed by atoms with Crippen molar-refractivity contribution in [3.05, 3.63) is 89.5 Å². The van der Waals surface area contributed by atoms with Gasteiger partial charge in [-0.2, -0.15) is 5.10 Å². The lowest BCUT2D eigenvalue weighted by Gasteiger charge is -2.12. The SMILES string of the molecule is COc1cc(/C=N\NC(=O)C(=O)NCCc2ccccc2)ccc1OCC(=O)Nc1ccccc1C. The largest absolute Gasteiger partial charge is 0.493 e. The molecule has 0 saturated heterocycles. The molecule has 3 aromatic rings. The highest BCUT2D eigenvalue weighted by atomic mass is 16.5. The standard InChI is InChI=1S/C27H28N4O5/c1-19-8-6-7-11-22(19)30-25(32)18-36-23-13-12-21(16-24(23)35-2)17-29-31-27(34)26(33)28-15-14-20-9-4-3-5-10-20/h3-13,16-17H,14-15,18H2,1-2H3,(H,28,33)(H,30,32)(H,31,34)/b29-17-. The van der Waals surface area contributed by atoms with Crippen LogP contribution in [0.15, 0.2) is 77.9 Å². The van der Waals surface area contributed by atoms with Gasteiger partial charge in [0.05, 0.1) is 13.3 Å². The molecule has 0 atom stereocenters. The maximum Gasteiger partial charge on any atom is 0.329 e. The molecule has 36 heavy (non-hydrogen) atoms. The van der Waals surface area contributed by atoms with E-state index < -0.39 is 11.8 Å². The molecule has 0 aromatic heterocycles. The lowest BCUT2D eigenvalue weighted by Crippen LogP contribution is -2.38. The lowest BCUT2D eigenvalue weighted by molar-refractivity contribution is -0.139. The zero-order valence-electron chi connectivity index (χ0n) is 20.1. The molecule has 0 spiro atoms. The number of nitrogens with zero attached hydrogens (tertiary/aromatic N) is 1. The third-order valence-electron chi connectivity index (χ3n) is 5.09. The molecule has 3 N–H and O–H groups in total. The van der Waals surface area contributed by atoms with Crippen LogP contribution in [0.2, 0.25) is 0 Å². The predicted octanol–water partition coefficient (Wildman–Crippen LogP) is 2.83. The molecule has 3 amide bonds. The van der Waals surface area contributed by atoms with Crippen LogP contribution in [0, 0.1) is 6.92 Å². The molecule has 0 heterocycles. The van der Waals surface area contributed by atoms with Crippen LogP contribution in [0.5, 0.6) is 11.5 Å². The molecule has 186 valence electrons. The topological polar surface area (TPSA) is 118 Å². The number of hydrogen-bond donors (Lipinski definition) is 3. The predicted molar refractivity (Wildman–Crippen MR) is 137 cm³/mol. The van der Waals surface area contributed by atoms with Gasteiger partial charge in [-0.15, -0.1) is 0 Å². The summed E-state index contributed by atoms with van der Waals surface area (Å²) in [5, 5.41) is 9.17. The molecule has 9 heteroatoms. The number of aryl methyl sites for hydroxylation is 1. The van der Waals surface area contributed by atoms with Gasteiger partial charge in [0, 0.05) is 12.2 Å². The number of ether oxygens (including phenoxy) is 2. The number of carbonyl (C=O) groups excluding carboxylic acids is 3. The number of hydrazone groups is 1. The zero-order valence-corrected chi connectivity index (χ0v) is 20.1. The van der Waals surface area contributed by atoms with Crippen molar-refractivity contribution in [2.75, 3.05) is 25.6 Å². The Morgan fingerprint density at radius 1 is 0.917 bits per heavy atom. The number of hydrogen-bond acceptors (Lipinski definition) is 6. The second kappa shape index (κ2) is 13.3. The molecule has 0 aliphatic rings. The summed E-state index contributed by atoms with van der Waals surface area (Å²) in [4.78, 5) is 36.1. The zero-order chi connectivity index (χ0) is 25.8. The Kier molecular flexibility index (Phi) is 9.58. The number of anilines is 1. The number of nitrogens with one attached hydrogen (secondary N) is 3. The Morgan fingerprint density at radius 2 is 1.67 bits per heavy atom. The van der Waals surface area contributed by atoms with E-state index in [-0.39, 0.29) is 12.5 Å². The first-order valence-corrected chi connectivity index (χ1v) is 11.3. The van der Waals surface area contributed by atoms with E-state index in [2.05, 4.69) is 21.2 Å². The number of methoxy groups -OCH3 is 1. The fourth-order valence-corrected chi connectivity index (χ4v) is 3.19. The number of carbonyl (C=O) groups is 3. The van der Waals surface area contributed by atoms with Crippen molar-refractivity contribution in [3.8, 4) is 11.5 Å². The molecular formula is C27H28N4O5. The van der Waals surface area contributed by atoms with E-state index >= 15 is 0 Å². The molecule has 9 nitrogen and oxygen atoms in total. The van der Waals surface area contributed by atoms with Gasteiger partial charge in [-0.3, -0.25) is 14.4 Å². The Bertz CT molecular complexity index is 1230. The summed E-state index contributed by atoms with van der Waals surface area (Å²) in [5.74, 6) is -1.19. The first kappa shape index (κ1) is 26.0. The minimum atomic E-state index is -0.870. The maximum absolute atomic E-state index is 12.2. The van der Waals surface area contributed by atoms with E-state index in [1.807, 2.05) is 61.5 Å². The number of para-hydroxylation sites is 1. The third-order valence-corrected chi connectivity index (χ3v) is 5.09. The molecule has 0 fully saturated rings. The van der Waals surface area contributed by atoms with E-state index in [0.29, 0.717) is 30.0 Å². The van der Waals surface area contributed by atoms with Crippen LogP contribution in [-0.4, -0.2) is 44.2 Å². The summed E-state index contributed by atoms with van der Waals surface area (Å²) < 4.78 is 10.9. The summed E-state index contributed by atoms with van der Waals surface area (Å²) in [6.45, 7) is 2.04. The van der Waals surface area contributed by atoms with Gasteiger partial charge in [0.15, 0.2) is 18.1 Å². The Morgan fingerprint density at radius 3 is 2.42 bits per heavy atom. The van der Waals surface area contributed by atoms with Crippen LogP contribution < -0.4 is 25.5 Å². The number of rotatable bonds is 10. The Balaban J connectivity index is 1.46. The molecule has 0 saturated carbocycles. The molecule has 3 rings (SSSR count). The van der Waals surface area contributed by atoms with Crippen LogP contribution in [0.3, 0.4) is 0 Å². The van der Waals surface area contributed by atoms with Gasteiger partial charge in [-0.25, -0.2) is 5.43 Å². The van der Waals surface area contributed by atoms with Crippen LogP contribution in [0.25, 0.3) is 0 Å². The van der Waals surface area contributed by atoms with E-state index in [1.165, 1.54) is 13.3 Å². The lowest BCUT2D eigenvalue weighted by atomic mass is 10.1. The second-order valence-corrected chi connectivity index (χ2v) is 7.75. The normalized spacial score (nSPS) is 10.5.